The van der Waals surface area contributed by atoms with E-state index in [1.807, 2.05) is 57.2 Å². The van der Waals surface area contributed by atoms with Crippen LogP contribution >= 0.6 is 0 Å². The van der Waals surface area contributed by atoms with Gasteiger partial charge in [-0.25, -0.2) is 8.42 Å². The fraction of sp³-hybridized carbons (Fsp3) is 0.238. The van der Waals surface area contributed by atoms with Crippen molar-refractivity contribution >= 4 is 38.2 Å². The zero-order chi connectivity index (χ0) is 20.5. The summed E-state index contributed by atoms with van der Waals surface area (Å²) in [7, 11) is -3.65. The molecular formula is C21H23N3O3S. The van der Waals surface area contributed by atoms with Crippen LogP contribution in [0.25, 0.3) is 10.9 Å². The fourth-order valence-electron chi connectivity index (χ4n) is 3.45. The molecule has 28 heavy (non-hydrogen) atoms. The van der Waals surface area contributed by atoms with Crippen molar-refractivity contribution in [3.63, 3.8) is 0 Å². The first kappa shape index (κ1) is 19.8. The third kappa shape index (κ3) is 4.14. The standard InChI is InChI=1S/C21H23N3O3S/c1-14-11-15(2)21(16(3)12-14)24(28(4,26)27)13-19(25)23-18-9-5-7-17-8-6-10-22-20(17)18/h5-12H,13H2,1-4H3,(H,23,25). The maximum absolute atomic E-state index is 12.7. The first-order valence-electron chi connectivity index (χ1n) is 8.86. The number of amides is 1. The van der Waals surface area contributed by atoms with E-state index in [2.05, 4.69) is 10.3 Å². The summed E-state index contributed by atoms with van der Waals surface area (Å²) in [5, 5.41) is 3.69. The molecule has 2 aromatic carbocycles. The molecule has 0 aliphatic carbocycles. The normalized spacial score (nSPS) is 11.4. The number of hydrogen-bond donors (Lipinski definition) is 1. The second-order valence-corrected chi connectivity index (χ2v) is 8.85. The second kappa shape index (κ2) is 7.59. The third-order valence-electron chi connectivity index (χ3n) is 4.48. The molecule has 1 N–H and O–H groups in total. The van der Waals surface area contributed by atoms with Crippen LogP contribution in [0, 0.1) is 20.8 Å². The molecule has 3 aromatic rings. The summed E-state index contributed by atoms with van der Waals surface area (Å²) in [6.07, 6.45) is 2.76. The number of aryl methyl sites for hydroxylation is 3. The Bertz CT molecular complexity index is 1130. The number of hydrogen-bond acceptors (Lipinski definition) is 4. The number of fused-ring (bicyclic) bond motifs is 1. The fourth-order valence-corrected chi connectivity index (χ4v) is 4.42. The molecule has 0 unspecified atom stereocenters. The Morgan fingerprint density at radius 3 is 2.36 bits per heavy atom. The van der Waals surface area contributed by atoms with Crippen molar-refractivity contribution in [3.05, 3.63) is 65.4 Å². The molecule has 0 spiro atoms. The highest BCUT2D eigenvalue weighted by molar-refractivity contribution is 7.92. The molecule has 7 heteroatoms. The molecule has 1 aromatic heterocycles. The van der Waals surface area contributed by atoms with Crippen molar-refractivity contribution in [2.75, 3.05) is 22.4 Å². The summed E-state index contributed by atoms with van der Waals surface area (Å²) >= 11 is 0. The van der Waals surface area contributed by atoms with Crippen LogP contribution in [0.3, 0.4) is 0 Å². The summed E-state index contributed by atoms with van der Waals surface area (Å²) < 4.78 is 26.1. The average Bonchev–Trinajstić information content (AvgIpc) is 2.59. The zero-order valence-electron chi connectivity index (χ0n) is 16.4. The first-order valence-corrected chi connectivity index (χ1v) is 10.7. The van der Waals surface area contributed by atoms with Gasteiger partial charge in [0.15, 0.2) is 0 Å². The molecule has 3 rings (SSSR count). The molecule has 0 aliphatic rings. The number of sulfonamides is 1. The summed E-state index contributed by atoms with van der Waals surface area (Å²) in [5.74, 6) is -0.428. The van der Waals surface area contributed by atoms with E-state index in [-0.39, 0.29) is 6.54 Å². The van der Waals surface area contributed by atoms with Gasteiger partial charge in [-0.2, -0.15) is 0 Å². The maximum Gasteiger partial charge on any atom is 0.245 e. The molecule has 0 saturated heterocycles. The van der Waals surface area contributed by atoms with E-state index in [0.29, 0.717) is 16.9 Å². The van der Waals surface area contributed by atoms with Crippen LogP contribution in [0.1, 0.15) is 16.7 Å². The van der Waals surface area contributed by atoms with Crippen molar-refractivity contribution in [2.24, 2.45) is 0 Å². The van der Waals surface area contributed by atoms with Gasteiger partial charge in [0, 0.05) is 11.6 Å². The molecule has 0 atom stereocenters. The summed E-state index contributed by atoms with van der Waals surface area (Å²) in [6, 6.07) is 13.0. The van der Waals surface area contributed by atoms with Crippen molar-refractivity contribution in [1.29, 1.82) is 0 Å². The summed E-state index contributed by atoms with van der Waals surface area (Å²) in [5.41, 5.74) is 4.41. The van der Waals surface area contributed by atoms with Gasteiger partial charge in [0.25, 0.3) is 0 Å². The molecule has 0 saturated carbocycles. The number of rotatable bonds is 5. The number of para-hydroxylation sites is 1. The number of carbonyl (C=O) groups is 1. The molecule has 0 aliphatic heterocycles. The molecule has 146 valence electrons. The smallest absolute Gasteiger partial charge is 0.245 e. The second-order valence-electron chi connectivity index (χ2n) is 6.95. The van der Waals surface area contributed by atoms with Gasteiger partial charge in [0.05, 0.1) is 23.1 Å². The Morgan fingerprint density at radius 2 is 1.71 bits per heavy atom. The third-order valence-corrected chi connectivity index (χ3v) is 5.59. The SMILES string of the molecule is Cc1cc(C)c(N(CC(=O)Nc2cccc3cccnc23)S(C)(=O)=O)c(C)c1. The monoisotopic (exact) mass is 397 g/mol. The number of benzene rings is 2. The predicted molar refractivity (Wildman–Crippen MR) is 113 cm³/mol. The number of carbonyl (C=O) groups excluding carboxylic acids is 1. The highest BCUT2D eigenvalue weighted by atomic mass is 32.2. The lowest BCUT2D eigenvalue weighted by Gasteiger charge is -2.26. The van der Waals surface area contributed by atoms with Gasteiger partial charge in [-0.3, -0.25) is 14.1 Å². The van der Waals surface area contributed by atoms with E-state index in [0.717, 1.165) is 32.6 Å². The summed E-state index contributed by atoms with van der Waals surface area (Å²) in [4.78, 5) is 17.0. The number of nitrogens with one attached hydrogen (secondary N) is 1. The number of anilines is 2. The Kier molecular flexibility index (Phi) is 5.38. The Morgan fingerprint density at radius 1 is 1.07 bits per heavy atom. The highest BCUT2D eigenvalue weighted by Crippen LogP contribution is 2.28. The Balaban J connectivity index is 1.93. The molecule has 1 amide bonds. The van der Waals surface area contributed by atoms with Crippen molar-refractivity contribution < 1.29 is 13.2 Å². The first-order chi connectivity index (χ1) is 13.2. The van der Waals surface area contributed by atoms with Crippen LogP contribution in [0.5, 0.6) is 0 Å². The van der Waals surface area contributed by atoms with E-state index < -0.39 is 15.9 Å². The van der Waals surface area contributed by atoms with E-state index in [4.69, 9.17) is 0 Å². The van der Waals surface area contributed by atoms with Gasteiger partial charge in [-0.05, 0) is 44.0 Å². The van der Waals surface area contributed by atoms with Crippen LogP contribution < -0.4 is 9.62 Å². The lowest BCUT2D eigenvalue weighted by molar-refractivity contribution is -0.114. The number of aromatic nitrogens is 1. The molecule has 1 heterocycles. The van der Waals surface area contributed by atoms with Crippen LogP contribution in [0.2, 0.25) is 0 Å². The van der Waals surface area contributed by atoms with Crippen LogP contribution in [0.4, 0.5) is 11.4 Å². The lowest BCUT2D eigenvalue weighted by atomic mass is 10.1. The largest absolute Gasteiger partial charge is 0.323 e. The molecule has 0 fully saturated rings. The Hall–Kier alpha value is -2.93. The topological polar surface area (TPSA) is 79.4 Å². The molecule has 6 nitrogen and oxygen atoms in total. The van der Waals surface area contributed by atoms with E-state index in [9.17, 15) is 13.2 Å². The predicted octanol–water partition coefficient (Wildman–Crippen LogP) is 3.56. The minimum Gasteiger partial charge on any atom is -0.323 e. The molecular weight excluding hydrogens is 374 g/mol. The average molecular weight is 398 g/mol. The quantitative estimate of drug-likeness (QED) is 0.714. The van der Waals surface area contributed by atoms with E-state index >= 15 is 0 Å². The number of nitrogens with zero attached hydrogens (tertiary/aromatic N) is 2. The maximum atomic E-state index is 12.7. The highest BCUT2D eigenvalue weighted by Gasteiger charge is 2.24. The van der Waals surface area contributed by atoms with Crippen molar-refractivity contribution in [3.8, 4) is 0 Å². The van der Waals surface area contributed by atoms with Gasteiger partial charge in [0.2, 0.25) is 15.9 Å². The van der Waals surface area contributed by atoms with Gasteiger partial charge in [0.1, 0.15) is 6.54 Å². The molecule has 0 radical (unpaired) electrons. The van der Waals surface area contributed by atoms with Gasteiger partial charge in [-0.1, -0.05) is 35.9 Å². The van der Waals surface area contributed by atoms with Crippen LogP contribution in [-0.4, -0.2) is 32.1 Å². The van der Waals surface area contributed by atoms with Crippen molar-refractivity contribution in [2.45, 2.75) is 20.8 Å². The Labute approximate surface area is 165 Å². The number of pyridine rings is 1. The van der Waals surface area contributed by atoms with E-state index in [1.165, 1.54) is 0 Å². The van der Waals surface area contributed by atoms with Gasteiger partial charge >= 0.3 is 0 Å². The van der Waals surface area contributed by atoms with Crippen LogP contribution in [-0.2, 0) is 14.8 Å². The summed E-state index contributed by atoms with van der Waals surface area (Å²) in [6.45, 7) is 5.33. The molecule has 0 bridgehead atoms. The van der Waals surface area contributed by atoms with Crippen molar-refractivity contribution in [1.82, 2.24) is 4.98 Å². The van der Waals surface area contributed by atoms with E-state index in [1.54, 1.807) is 12.3 Å². The lowest BCUT2D eigenvalue weighted by Crippen LogP contribution is -2.38. The van der Waals surface area contributed by atoms with Crippen LogP contribution in [0.15, 0.2) is 48.7 Å². The minimum atomic E-state index is -3.65. The minimum absolute atomic E-state index is 0.313. The van der Waals surface area contributed by atoms with Gasteiger partial charge in [-0.15, -0.1) is 0 Å². The zero-order valence-corrected chi connectivity index (χ0v) is 17.2. The van der Waals surface area contributed by atoms with Gasteiger partial charge < -0.3 is 5.32 Å².